The Hall–Kier alpha value is -1.39. The second-order valence-corrected chi connectivity index (χ2v) is 16.2. The molecule has 0 rings (SSSR count). The third kappa shape index (κ3) is 45.0. The first kappa shape index (κ1) is 52.6. The maximum atomic E-state index is 12.2. The number of unbranched alkanes of at least 4 members (excludes halogenated alkanes) is 31. The molecule has 0 aliphatic heterocycles. The Morgan fingerprint density at radius 2 is 0.778 bits per heavy atom. The second-order valence-electron chi connectivity index (χ2n) is 16.2. The average molecular weight is 759 g/mol. The molecular formula is C50H94O4. The van der Waals surface area contributed by atoms with Crippen molar-refractivity contribution < 1.29 is 19.4 Å². The number of aliphatic hydroxyl groups is 1. The number of carbonyl (C=O) groups excluding carboxylic acids is 1. The summed E-state index contributed by atoms with van der Waals surface area (Å²) >= 11 is 0. The topological polar surface area (TPSA) is 55.8 Å². The standard InChI is InChI=1S/C50H94O4/c1-3-5-7-9-11-13-15-17-19-21-22-23-24-25-26-27-28-29-31-33-35-37-39-41-43-45-50(52)54-49(47-51)48-53-46-44-42-40-38-36-34-32-30-20-18-16-14-12-10-8-6-4-2/h15,17,21-22,24-25,49,51H,3-14,16,18-20,23,26-48H2,1-2H3/b17-15-,22-21-,25-24-. The SMILES string of the molecule is CCCCCCC/C=C\C/C=C\C/C=C\CCCCCCCCCCCCC(=O)OC(CO)COCCCCCCCCCCCCCCCCCCC. The summed E-state index contributed by atoms with van der Waals surface area (Å²) < 4.78 is 11.2. The zero-order valence-electron chi connectivity index (χ0n) is 36.5. The van der Waals surface area contributed by atoms with Crippen LogP contribution in [-0.4, -0.2) is 37.0 Å². The second kappa shape index (κ2) is 47.8. The molecule has 0 radical (unpaired) electrons. The highest BCUT2D eigenvalue weighted by molar-refractivity contribution is 5.69. The van der Waals surface area contributed by atoms with E-state index in [-0.39, 0.29) is 12.6 Å². The molecule has 0 aromatic heterocycles. The minimum Gasteiger partial charge on any atom is -0.457 e. The lowest BCUT2D eigenvalue weighted by Crippen LogP contribution is -2.27. The van der Waals surface area contributed by atoms with Gasteiger partial charge in [0.2, 0.25) is 0 Å². The molecule has 0 spiro atoms. The van der Waals surface area contributed by atoms with Gasteiger partial charge in [0.1, 0.15) is 6.10 Å². The Balaban J connectivity index is 3.41. The van der Waals surface area contributed by atoms with Gasteiger partial charge in [0.05, 0.1) is 13.2 Å². The Morgan fingerprint density at radius 1 is 0.444 bits per heavy atom. The Bertz CT molecular complexity index is 802. The van der Waals surface area contributed by atoms with Crippen molar-refractivity contribution in [1.82, 2.24) is 0 Å². The lowest BCUT2D eigenvalue weighted by Gasteiger charge is -2.16. The van der Waals surface area contributed by atoms with Gasteiger partial charge in [0.15, 0.2) is 0 Å². The number of allylic oxidation sites excluding steroid dienone is 6. The molecular weight excluding hydrogens is 665 g/mol. The largest absolute Gasteiger partial charge is 0.457 e. The molecule has 0 aromatic carbocycles. The Kier molecular flexibility index (Phi) is 46.5. The fourth-order valence-corrected chi connectivity index (χ4v) is 7.10. The van der Waals surface area contributed by atoms with Crippen LogP contribution in [0.15, 0.2) is 36.5 Å². The van der Waals surface area contributed by atoms with Crippen molar-refractivity contribution in [3.63, 3.8) is 0 Å². The minimum absolute atomic E-state index is 0.170. The van der Waals surface area contributed by atoms with E-state index in [0.717, 1.165) is 32.1 Å². The van der Waals surface area contributed by atoms with E-state index in [1.165, 1.54) is 199 Å². The van der Waals surface area contributed by atoms with Gasteiger partial charge in [-0.2, -0.15) is 0 Å². The van der Waals surface area contributed by atoms with Gasteiger partial charge < -0.3 is 14.6 Å². The van der Waals surface area contributed by atoms with Crippen LogP contribution in [-0.2, 0) is 14.3 Å². The summed E-state index contributed by atoms with van der Waals surface area (Å²) in [6.45, 7) is 5.37. The van der Waals surface area contributed by atoms with E-state index in [0.29, 0.717) is 19.6 Å². The number of esters is 1. The number of rotatable bonds is 45. The number of hydrogen-bond acceptors (Lipinski definition) is 4. The summed E-state index contributed by atoms with van der Waals surface area (Å²) in [5.74, 6) is -0.201. The van der Waals surface area contributed by atoms with Crippen LogP contribution in [0, 0.1) is 0 Å². The van der Waals surface area contributed by atoms with Crippen molar-refractivity contribution >= 4 is 5.97 Å². The van der Waals surface area contributed by atoms with Crippen molar-refractivity contribution in [1.29, 1.82) is 0 Å². The van der Waals surface area contributed by atoms with E-state index in [2.05, 4.69) is 50.3 Å². The average Bonchev–Trinajstić information content (AvgIpc) is 3.18. The van der Waals surface area contributed by atoms with Gasteiger partial charge in [-0.25, -0.2) is 0 Å². The van der Waals surface area contributed by atoms with E-state index in [4.69, 9.17) is 9.47 Å². The minimum atomic E-state index is -0.534. The molecule has 54 heavy (non-hydrogen) atoms. The van der Waals surface area contributed by atoms with Crippen LogP contribution in [0.25, 0.3) is 0 Å². The van der Waals surface area contributed by atoms with Crippen LogP contribution in [0.1, 0.15) is 251 Å². The van der Waals surface area contributed by atoms with Gasteiger partial charge in [-0.3, -0.25) is 4.79 Å². The number of ether oxygens (including phenoxy) is 2. The van der Waals surface area contributed by atoms with Crippen molar-refractivity contribution in [3.05, 3.63) is 36.5 Å². The molecule has 0 aromatic rings. The monoisotopic (exact) mass is 759 g/mol. The molecule has 0 saturated carbocycles. The third-order valence-electron chi connectivity index (χ3n) is 10.7. The van der Waals surface area contributed by atoms with Crippen LogP contribution < -0.4 is 0 Å². The van der Waals surface area contributed by atoms with Crippen LogP contribution in [0.4, 0.5) is 0 Å². The van der Waals surface area contributed by atoms with E-state index in [1.807, 2.05) is 0 Å². The fourth-order valence-electron chi connectivity index (χ4n) is 7.10. The lowest BCUT2D eigenvalue weighted by atomic mass is 10.0. The first-order valence-electron chi connectivity index (χ1n) is 24.1. The maximum absolute atomic E-state index is 12.2. The smallest absolute Gasteiger partial charge is 0.306 e. The van der Waals surface area contributed by atoms with Crippen LogP contribution in [0.3, 0.4) is 0 Å². The highest BCUT2D eigenvalue weighted by Gasteiger charge is 2.13. The van der Waals surface area contributed by atoms with Crippen molar-refractivity contribution in [2.24, 2.45) is 0 Å². The van der Waals surface area contributed by atoms with Gasteiger partial charge in [0.25, 0.3) is 0 Å². The van der Waals surface area contributed by atoms with Crippen molar-refractivity contribution in [2.75, 3.05) is 19.8 Å². The normalized spacial score (nSPS) is 12.6. The zero-order valence-corrected chi connectivity index (χ0v) is 36.5. The summed E-state index contributed by atoms with van der Waals surface area (Å²) in [4.78, 5) is 12.2. The zero-order chi connectivity index (χ0) is 39.1. The highest BCUT2D eigenvalue weighted by Crippen LogP contribution is 2.15. The summed E-state index contributed by atoms with van der Waals surface area (Å²) in [5.41, 5.74) is 0. The number of aliphatic hydroxyl groups excluding tert-OH is 1. The van der Waals surface area contributed by atoms with Gasteiger partial charge in [-0.1, -0.05) is 230 Å². The summed E-state index contributed by atoms with van der Waals surface area (Å²) in [6, 6.07) is 0. The fraction of sp³-hybridized carbons (Fsp3) is 0.860. The van der Waals surface area contributed by atoms with Crippen LogP contribution in [0.2, 0.25) is 0 Å². The van der Waals surface area contributed by atoms with Gasteiger partial charge in [-0.05, 0) is 51.4 Å². The van der Waals surface area contributed by atoms with Crippen LogP contribution >= 0.6 is 0 Å². The summed E-state index contributed by atoms with van der Waals surface area (Å²) in [5, 5.41) is 9.63. The maximum Gasteiger partial charge on any atom is 0.306 e. The molecule has 0 aliphatic carbocycles. The number of hydrogen-bond donors (Lipinski definition) is 1. The first-order valence-corrected chi connectivity index (χ1v) is 24.1. The summed E-state index contributed by atoms with van der Waals surface area (Å²) in [6.07, 6.45) is 60.8. The van der Waals surface area contributed by atoms with Gasteiger partial charge in [0, 0.05) is 13.0 Å². The highest BCUT2D eigenvalue weighted by atomic mass is 16.6. The van der Waals surface area contributed by atoms with E-state index < -0.39 is 6.10 Å². The molecule has 0 bridgehead atoms. The van der Waals surface area contributed by atoms with Crippen molar-refractivity contribution in [3.8, 4) is 0 Å². The predicted molar refractivity (Wildman–Crippen MR) is 237 cm³/mol. The van der Waals surface area contributed by atoms with Gasteiger partial charge in [-0.15, -0.1) is 0 Å². The molecule has 318 valence electrons. The third-order valence-corrected chi connectivity index (χ3v) is 10.7. The number of carbonyl (C=O) groups is 1. The molecule has 0 amide bonds. The molecule has 0 fully saturated rings. The van der Waals surface area contributed by atoms with Gasteiger partial charge >= 0.3 is 5.97 Å². The molecule has 1 unspecified atom stereocenters. The molecule has 1 N–H and O–H groups in total. The lowest BCUT2D eigenvalue weighted by molar-refractivity contribution is -0.154. The molecule has 4 nitrogen and oxygen atoms in total. The van der Waals surface area contributed by atoms with E-state index >= 15 is 0 Å². The molecule has 0 heterocycles. The van der Waals surface area contributed by atoms with E-state index in [9.17, 15) is 9.90 Å². The summed E-state index contributed by atoms with van der Waals surface area (Å²) in [7, 11) is 0. The molecule has 1 atom stereocenters. The molecule has 0 saturated heterocycles. The Morgan fingerprint density at radius 3 is 1.17 bits per heavy atom. The quantitative estimate of drug-likeness (QED) is 0.0382. The van der Waals surface area contributed by atoms with Crippen molar-refractivity contribution in [2.45, 2.75) is 258 Å². The molecule has 4 heteroatoms. The van der Waals surface area contributed by atoms with E-state index in [1.54, 1.807) is 0 Å². The molecule has 0 aliphatic rings. The predicted octanol–water partition coefficient (Wildman–Crippen LogP) is 16.0. The Labute approximate surface area is 338 Å². The first-order chi connectivity index (χ1) is 26.7. The van der Waals surface area contributed by atoms with Crippen LogP contribution in [0.5, 0.6) is 0 Å².